The summed E-state index contributed by atoms with van der Waals surface area (Å²) in [5, 5.41) is 8.67. The Morgan fingerprint density at radius 3 is 2.67 bits per heavy atom. The SMILES string of the molecule is N#Cc1ccc(CSc2ccccc2Br)c(F)c1. The van der Waals surface area contributed by atoms with Gasteiger partial charge in [-0.15, -0.1) is 11.8 Å². The lowest BCUT2D eigenvalue weighted by atomic mass is 10.1. The van der Waals surface area contributed by atoms with Crippen LogP contribution in [0.3, 0.4) is 0 Å². The largest absolute Gasteiger partial charge is 0.207 e. The summed E-state index contributed by atoms with van der Waals surface area (Å²) >= 11 is 5.01. The summed E-state index contributed by atoms with van der Waals surface area (Å²) < 4.78 is 14.7. The number of halogens is 2. The van der Waals surface area contributed by atoms with E-state index in [1.54, 1.807) is 23.9 Å². The summed E-state index contributed by atoms with van der Waals surface area (Å²) in [4.78, 5) is 1.07. The van der Waals surface area contributed by atoms with Crippen LogP contribution in [-0.4, -0.2) is 0 Å². The molecule has 0 N–H and O–H groups in total. The molecule has 0 atom stereocenters. The van der Waals surface area contributed by atoms with Gasteiger partial charge in [-0.3, -0.25) is 0 Å². The van der Waals surface area contributed by atoms with Crippen LogP contribution in [0.5, 0.6) is 0 Å². The van der Waals surface area contributed by atoms with Crippen molar-refractivity contribution in [3.05, 3.63) is 63.9 Å². The maximum Gasteiger partial charge on any atom is 0.128 e. The minimum atomic E-state index is -0.325. The van der Waals surface area contributed by atoms with Crippen LogP contribution in [0.25, 0.3) is 0 Å². The Balaban J connectivity index is 2.12. The van der Waals surface area contributed by atoms with Crippen LogP contribution in [0.4, 0.5) is 4.39 Å². The minimum Gasteiger partial charge on any atom is -0.207 e. The molecule has 0 bridgehead atoms. The van der Waals surface area contributed by atoms with Crippen molar-refractivity contribution in [1.82, 2.24) is 0 Å². The van der Waals surface area contributed by atoms with E-state index in [9.17, 15) is 4.39 Å². The lowest BCUT2D eigenvalue weighted by Crippen LogP contribution is -1.89. The molecule has 0 fully saturated rings. The molecule has 0 aliphatic carbocycles. The molecule has 0 aliphatic rings. The molecule has 2 rings (SSSR count). The van der Waals surface area contributed by atoms with E-state index in [0.29, 0.717) is 16.9 Å². The second-order valence-electron chi connectivity index (χ2n) is 3.64. The van der Waals surface area contributed by atoms with Gasteiger partial charge in [0.15, 0.2) is 0 Å². The molecular formula is C14H9BrFNS. The number of benzene rings is 2. The standard InChI is InChI=1S/C14H9BrFNS/c15-12-3-1-2-4-14(12)18-9-11-6-5-10(8-17)7-13(11)16/h1-7H,9H2. The fourth-order valence-corrected chi connectivity index (χ4v) is 3.01. The van der Waals surface area contributed by atoms with Gasteiger partial charge in [-0.1, -0.05) is 18.2 Å². The first kappa shape index (κ1) is 13.1. The first-order chi connectivity index (χ1) is 8.70. The van der Waals surface area contributed by atoms with Crippen molar-refractivity contribution in [3.63, 3.8) is 0 Å². The molecule has 18 heavy (non-hydrogen) atoms. The van der Waals surface area contributed by atoms with Gasteiger partial charge in [0.1, 0.15) is 5.82 Å². The average Bonchev–Trinajstić information content (AvgIpc) is 2.39. The second kappa shape index (κ2) is 6.03. The Morgan fingerprint density at radius 1 is 1.22 bits per heavy atom. The second-order valence-corrected chi connectivity index (χ2v) is 5.51. The van der Waals surface area contributed by atoms with Crippen molar-refractivity contribution in [1.29, 1.82) is 5.26 Å². The van der Waals surface area contributed by atoms with Gasteiger partial charge < -0.3 is 0 Å². The normalized spacial score (nSPS) is 10.1. The fourth-order valence-electron chi connectivity index (χ4n) is 1.45. The molecule has 2 aromatic rings. The minimum absolute atomic E-state index is 0.325. The number of hydrogen-bond donors (Lipinski definition) is 0. The predicted octanol–water partition coefficient (Wildman–Crippen LogP) is 4.75. The zero-order chi connectivity index (χ0) is 13.0. The molecule has 2 aromatic carbocycles. The highest BCUT2D eigenvalue weighted by atomic mass is 79.9. The average molecular weight is 322 g/mol. The van der Waals surface area contributed by atoms with Gasteiger partial charge in [-0.05, 0) is 45.8 Å². The Kier molecular flexibility index (Phi) is 4.40. The molecule has 0 amide bonds. The highest BCUT2D eigenvalue weighted by molar-refractivity contribution is 9.10. The molecule has 4 heteroatoms. The number of nitriles is 1. The third kappa shape index (κ3) is 3.12. The van der Waals surface area contributed by atoms with E-state index in [-0.39, 0.29) is 5.82 Å². The van der Waals surface area contributed by atoms with Gasteiger partial charge in [0, 0.05) is 15.1 Å². The lowest BCUT2D eigenvalue weighted by molar-refractivity contribution is 0.617. The van der Waals surface area contributed by atoms with Crippen molar-refractivity contribution >= 4 is 27.7 Å². The summed E-state index contributed by atoms with van der Waals surface area (Å²) in [5.74, 6) is 0.216. The number of rotatable bonds is 3. The number of thioether (sulfide) groups is 1. The highest BCUT2D eigenvalue weighted by Crippen LogP contribution is 2.30. The molecule has 90 valence electrons. The summed E-state index contributed by atoms with van der Waals surface area (Å²) in [6, 6.07) is 14.3. The molecule has 0 saturated carbocycles. The molecule has 0 saturated heterocycles. The predicted molar refractivity (Wildman–Crippen MR) is 74.8 cm³/mol. The zero-order valence-electron chi connectivity index (χ0n) is 9.36. The van der Waals surface area contributed by atoms with Gasteiger partial charge in [0.25, 0.3) is 0 Å². The smallest absolute Gasteiger partial charge is 0.128 e. The monoisotopic (exact) mass is 321 g/mol. The van der Waals surface area contributed by atoms with Crippen LogP contribution in [0, 0.1) is 17.1 Å². The molecule has 0 unspecified atom stereocenters. The van der Waals surface area contributed by atoms with E-state index >= 15 is 0 Å². The summed E-state index contributed by atoms with van der Waals surface area (Å²) in [5.41, 5.74) is 0.955. The van der Waals surface area contributed by atoms with Crippen molar-refractivity contribution < 1.29 is 4.39 Å². The van der Waals surface area contributed by atoms with Crippen molar-refractivity contribution in [2.45, 2.75) is 10.6 Å². The van der Waals surface area contributed by atoms with E-state index in [0.717, 1.165) is 9.37 Å². The van der Waals surface area contributed by atoms with E-state index in [1.807, 2.05) is 30.3 Å². The Labute approximate surface area is 118 Å². The van der Waals surface area contributed by atoms with Gasteiger partial charge in [-0.25, -0.2) is 4.39 Å². The van der Waals surface area contributed by atoms with Gasteiger partial charge in [-0.2, -0.15) is 5.26 Å². The number of hydrogen-bond acceptors (Lipinski definition) is 2. The lowest BCUT2D eigenvalue weighted by Gasteiger charge is -2.05. The van der Waals surface area contributed by atoms with Gasteiger partial charge >= 0.3 is 0 Å². The van der Waals surface area contributed by atoms with Crippen LogP contribution in [-0.2, 0) is 5.75 Å². The van der Waals surface area contributed by atoms with Crippen molar-refractivity contribution in [2.75, 3.05) is 0 Å². The van der Waals surface area contributed by atoms with E-state index in [2.05, 4.69) is 15.9 Å². The first-order valence-electron chi connectivity index (χ1n) is 5.26. The molecule has 1 nitrogen and oxygen atoms in total. The number of nitrogens with zero attached hydrogens (tertiary/aromatic N) is 1. The van der Waals surface area contributed by atoms with Gasteiger partial charge in [0.2, 0.25) is 0 Å². The summed E-state index contributed by atoms with van der Waals surface area (Å²) in [6.07, 6.45) is 0. The fraction of sp³-hybridized carbons (Fsp3) is 0.0714. The molecular weight excluding hydrogens is 313 g/mol. The maximum absolute atomic E-state index is 13.7. The zero-order valence-corrected chi connectivity index (χ0v) is 11.8. The third-order valence-electron chi connectivity index (χ3n) is 2.40. The maximum atomic E-state index is 13.7. The quantitative estimate of drug-likeness (QED) is 0.761. The van der Waals surface area contributed by atoms with E-state index < -0.39 is 0 Å². The van der Waals surface area contributed by atoms with Crippen LogP contribution in [0.2, 0.25) is 0 Å². The Morgan fingerprint density at radius 2 is 2.00 bits per heavy atom. The van der Waals surface area contributed by atoms with Crippen molar-refractivity contribution in [3.8, 4) is 6.07 Å². The van der Waals surface area contributed by atoms with Gasteiger partial charge in [0.05, 0.1) is 11.6 Å². The Bertz CT molecular complexity index is 607. The van der Waals surface area contributed by atoms with Crippen molar-refractivity contribution in [2.24, 2.45) is 0 Å². The van der Waals surface area contributed by atoms with E-state index in [4.69, 9.17) is 5.26 Å². The summed E-state index contributed by atoms with van der Waals surface area (Å²) in [6.45, 7) is 0. The topological polar surface area (TPSA) is 23.8 Å². The molecule has 0 radical (unpaired) electrons. The van der Waals surface area contributed by atoms with Crippen LogP contribution in [0.15, 0.2) is 51.8 Å². The molecule has 0 aliphatic heterocycles. The Hall–Kier alpha value is -1.31. The van der Waals surface area contributed by atoms with Crippen LogP contribution >= 0.6 is 27.7 Å². The van der Waals surface area contributed by atoms with E-state index in [1.165, 1.54) is 6.07 Å². The molecule has 0 spiro atoms. The first-order valence-corrected chi connectivity index (χ1v) is 7.04. The molecule has 0 heterocycles. The molecule has 0 aromatic heterocycles. The van der Waals surface area contributed by atoms with Crippen LogP contribution < -0.4 is 0 Å². The summed E-state index contributed by atoms with van der Waals surface area (Å²) in [7, 11) is 0. The highest BCUT2D eigenvalue weighted by Gasteiger charge is 2.05. The third-order valence-corrected chi connectivity index (χ3v) is 4.48. The van der Waals surface area contributed by atoms with Crippen LogP contribution in [0.1, 0.15) is 11.1 Å².